The largest absolute Gasteiger partial charge is 0.466 e. The average molecular weight is 273 g/mol. The summed E-state index contributed by atoms with van der Waals surface area (Å²) in [6.45, 7) is 7.46. The first-order valence-electron chi connectivity index (χ1n) is 6.57. The first-order valence-corrected chi connectivity index (χ1v) is 6.57. The maximum atomic E-state index is 12.0. The van der Waals surface area contributed by atoms with Crippen LogP contribution in [0.25, 0.3) is 0 Å². The second-order valence-corrected chi connectivity index (χ2v) is 5.57. The van der Waals surface area contributed by atoms with Crippen LogP contribution in [0.3, 0.4) is 0 Å². The zero-order valence-corrected chi connectivity index (χ0v) is 12.0. The van der Waals surface area contributed by atoms with Gasteiger partial charge in [-0.1, -0.05) is 0 Å². The summed E-state index contributed by atoms with van der Waals surface area (Å²) in [5.41, 5.74) is -0.598. The van der Waals surface area contributed by atoms with Crippen molar-refractivity contribution in [3.05, 3.63) is 0 Å². The Bertz CT molecular complexity index is 336. The molecule has 1 saturated heterocycles. The summed E-state index contributed by atoms with van der Waals surface area (Å²) in [5.74, 6) is -0.843. The minimum atomic E-state index is -0.598. The van der Waals surface area contributed by atoms with E-state index in [0.29, 0.717) is 19.6 Å². The number of rotatable bonds is 3. The maximum Gasteiger partial charge on any atom is 0.410 e. The van der Waals surface area contributed by atoms with Crippen molar-refractivity contribution in [1.29, 1.82) is 0 Å². The first-order chi connectivity index (χ1) is 8.80. The van der Waals surface area contributed by atoms with Gasteiger partial charge in [-0.25, -0.2) is 4.79 Å². The number of esters is 1. The Hall–Kier alpha value is -1.30. The third-order valence-electron chi connectivity index (χ3n) is 2.95. The molecule has 1 aliphatic heterocycles. The van der Waals surface area contributed by atoms with E-state index in [2.05, 4.69) is 0 Å². The zero-order chi connectivity index (χ0) is 14.6. The van der Waals surface area contributed by atoms with Crippen molar-refractivity contribution in [3.8, 4) is 0 Å². The number of carbonyl (C=O) groups excluding carboxylic acids is 2. The van der Waals surface area contributed by atoms with Gasteiger partial charge in [-0.3, -0.25) is 4.79 Å². The molecule has 1 amide bonds. The predicted molar refractivity (Wildman–Crippen MR) is 68.6 cm³/mol. The minimum Gasteiger partial charge on any atom is -0.466 e. The quantitative estimate of drug-likeness (QED) is 0.781. The Labute approximate surface area is 113 Å². The van der Waals surface area contributed by atoms with E-state index in [4.69, 9.17) is 9.47 Å². The molecular weight excluding hydrogens is 250 g/mol. The van der Waals surface area contributed by atoms with Crippen LogP contribution in [0.2, 0.25) is 0 Å². The number of nitrogens with zero attached hydrogens (tertiary/aromatic N) is 1. The second kappa shape index (κ2) is 6.23. The molecule has 0 aromatic heterocycles. The molecule has 2 unspecified atom stereocenters. The minimum absolute atomic E-state index is 0.275. The summed E-state index contributed by atoms with van der Waals surface area (Å²) in [4.78, 5) is 25.2. The molecule has 0 spiro atoms. The van der Waals surface area contributed by atoms with Crippen LogP contribution in [-0.4, -0.2) is 53.5 Å². The number of carbonyl (C=O) groups is 2. The highest BCUT2D eigenvalue weighted by atomic mass is 16.6. The monoisotopic (exact) mass is 273 g/mol. The fourth-order valence-corrected chi connectivity index (χ4v) is 2.15. The summed E-state index contributed by atoms with van der Waals surface area (Å²) in [6, 6.07) is -0.561. The van der Waals surface area contributed by atoms with Gasteiger partial charge in [0.05, 0.1) is 25.2 Å². The lowest BCUT2D eigenvalue weighted by Gasteiger charge is -2.29. The number of hydrogen-bond donors (Lipinski definition) is 1. The van der Waals surface area contributed by atoms with Gasteiger partial charge in [0.15, 0.2) is 0 Å². The normalized spacial score (nSPS) is 23.3. The van der Waals surface area contributed by atoms with Gasteiger partial charge in [-0.05, 0) is 34.1 Å². The van der Waals surface area contributed by atoms with E-state index >= 15 is 0 Å². The van der Waals surface area contributed by atoms with E-state index in [1.165, 1.54) is 4.90 Å². The van der Waals surface area contributed by atoms with Crippen LogP contribution in [0, 0.1) is 5.92 Å². The number of aliphatic hydroxyl groups excluding tert-OH is 1. The SMILES string of the molecule is CCOC(=O)C1CCN(C(=O)OC(C)(C)C)C1CO. The molecule has 0 aliphatic carbocycles. The van der Waals surface area contributed by atoms with E-state index in [1.807, 2.05) is 0 Å². The number of hydrogen-bond acceptors (Lipinski definition) is 5. The molecule has 0 aromatic rings. The Morgan fingerprint density at radius 1 is 1.37 bits per heavy atom. The molecule has 1 heterocycles. The molecule has 2 atom stereocenters. The van der Waals surface area contributed by atoms with E-state index in [0.717, 1.165) is 0 Å². The third-order valence-corrected chi connectivity index (χ3v) is 2.95. The molecule has 0 radical (unpaired) electrons. The molecule has 1 fully saturated rings. The molecule has 0 bridgehead atoms. The summed E-state index contributed by atoms with van der Waals surface area (Å²) in [6.07, 6.45) is -0.0121. The Kier molecular flexibility index (Phi) is 5.17. The molecule has 0 aromatic carbocycles. The van der Waals surface area contributed by atoms with Crippen molar-refractivity contribution in [1.82, 2.24) is 4.90 Å². The van der Waals surface area contributed by atoms with Gasteiger partial charge in [0.2, 0.25) is 0 Å². The summed E-state index contributed by atoms with van der Waals surface area (Å²) < 4.78 is 10.2. The smallest absolute Gasteiger partial charge is 0.410 e. The van der Waals surface area contributed by atoms with Crippen molar-refractivity contribution in [2.75, 3.05) is 19.8 Å². The van der Waals surface area contributed by atoms with Crippen molar-refractivity contribution >= 4 is 12.1 Å². The van der Waals surface area contributed by atoms with Gasteiger partial charge < -0.3 is 19.5 Å². The standard InChI is InChI=1S/C13H23NO5/c1-5-18-11(16)9-6-7-14(10(9)8-15)12(17)19-13(2,3)4/h9-10,15H,5-8H2,1-4H3. The lowest BCUT2D eigenvalue weighted by molar-refractivity contribution is -0.149. The number of likely N-dealkylation sites (tertiary alicyclic amines) is 1. The second-order valence-electron chi connectivity index (χ2n) is 5.57. The summed E-state index contributed by atoms with van der Waals surface area (Å²) in [7, 11) is 0. The highest BCUT2D eigenvalue weighted by molar-refractivity contribution is 5.76. The van der Waals surface area contributed by atoms with Gasteiger partial charge >= 0.3 is 12.1 Å². The molecule has 6 heteroatoms. The number of amides is 1. The molecule has 6 nitrogen and oxygen atoms in total. The lowest BCUT2D eigenvalue weighted by atomic mass is 10.0. The highest BCUT2D eigenvalue weighted by Gasteiger charge is 2.42. The van der Waals surface area contributed by atoms with Crippen molar-refractivity contribution < 1.29 is 24.2 Å². The summed E-state index contributed by atoms with van der Waals surface area (Å²) in [5, 5.41) is 9.41. The number of ether oxygens (including phenoxy) is 2. The van der Waals surface area contributed by atoms with Crippen LogP contribution in [0.4, 0.5) is 4.79 Å². The topological polar surface area (TPSA) is 76.1 Å². The van der Waals surface area contributed by atoms with Crippen molar-refractivity contribution in [3.63, 3.8) is 0 Å². The Morgan fingerprint density at radius 3 is 2.47 bits per heavy atom. The molecular formula is C13H23NO5. The van der Waals surface area contributed by atoms with Crippen molar-refractivity contribution in [2.24, 2.45) is 5.92 Å². The lowest BCUT2D eigenvalue weighted by Crippen LogP contribution is -2.44. The molecule has 19 heavy (non-hydrogen) atoms. The maximum absolute atomic E-state index is 12.0. The van der Waals surface area contributed by atoms with Crippen LogP contribution in [0.1, 0.15) is 34.1 Å². The van der Waals surface area contributed by atoms with Gasteiger partial charge in [0.1, 0.15) is 5.60 Å². The van der Waals surface area contributed by atoms with Crippen LogP contribution in [0.15, 0.2) is 0 Å². The van der Waals surface area contributed by atoms with Gasteiger partial charge in [0.25, 0.3) is 0 Å². The average Bonchev–Trinajstić information content (AvgIpc) is 2.70. The Balaban J connectivity index is 2.72. The van der Waals surface area contributed by atoms with Crippen molar-refractivity contribution in [2.45, 2.75) is 45.8 Å². The Morgan fingerprint density at radius 2 is 2.00 bits per heavy atom. The van der Waals surface area contributed by atoms with Crippen LogP contribution >= 0.6 is 0 Å². The third kappa shape index (κ3) is 4.09. The van der Waals surface area contributed by atoms with E-state index in [9.17, 15) is 14.7 Å². The van der Waals surface area contributed by atoms with Gasteiger partial charge in [-0.15, -0.1) is 0 Å². The fraction of sp³-hybridized carbons (Fsp3) is 0.846. The summed E-state index contributed by atoms with van der Waals surface area (Å²) >= 11 is 0. The van der Waals surface area contributed by atoms with E-state index < -0.39 is 23.7 Å². The molecule has 110 valence electrons. The van der Waals surface area contributed by atoms with Crippen LogP contribution in [0.5, 0.6) is 0 Å². The predicted octanol–water partition coefficient (Wildman–Crippen LogP) is 1.17. The molecule has 1 aliphatic rings. The molecule has 0 saturated carbocycles. The van der Waals surface area contributed by atoms with Crippen LogP contribution < -0.4 is 0 Å². The van der Waals surface area contributed by atoms with Crippen LogP contribution in [-0.2, 0) is 14.3 Å². The van der Waals surface area contributed by atoms with E-state index in [1.54, 1.807) is 27.7 Å². The number of aliphatic hydroxyl groups is 1. The first kappa shape index (κ1) is 15.8. The van der Waals surface area contributed by atoms with E-state index in [-0.39, 0.29) is 12.6 Å². The molecule has 1 rings (SSSR count). The van der Waals surface area contributed by atoms with Gasteiger partial charge in [0, 0.05) is 6.54 Å². The fourth-order valence-electron chi connectivity index (χ4n) is 2.15. The zero-order valence-electron chi connectivity index (χ0n) is 12.0. The molecule has 1 N–H and O–H groups in total. The van der Waals surface area contributed by atoms with Gasteiger partial charge in [-0.2, -0.15) is 0 Å². The highest BCUT2D eigenvalue weighted by Crippen LogP contribution is 2.27.